The van der Waals surface area contributed by atoms with Gasteiger partial charge in [-0.15, -0.1) is 0 Å². The molecule has 0 fully saturated rings. The molecule has 3 aromatic rings. The molecule has 2 heterocycles. The molecule has 0 radical (unpaired) electrons. The summed E-state index contributed by atoms with van der Waals surface area (Å²) in [5.74, 6) is -0.856. The van der Waals surface area contributed by atoms with Crippen LogP contribution in [0, 0.1) is 0 Å². The molecular weight excluding hydrogens is 414 g/mol. The molecule has 1 N–H and O–H groups in total. The number of rotatable bonds is 6. The summed E-state index contributed by atoms with van der Waals surface area (Å²) in [6, 6.07) is 11.3. The lowest BCUT2D eigenvalue weighted by molar-refractivity contribution is -0.117. The molecule has 9 heteroatoms. The van der Waals surface area contributed by atoms with Crippen LogP contribution in [-0.2, 0) is 4.79 Å². The molecule has 0 atom stereocenters. The predicted molar refractivity (Wildman–Crippen MR) is 111 cm³/mol. The number of nitrogens with one attached hydrogen (secondary N) is 1. The highest BCUT2D eigenvalue weighted by molar-refractivity contribution is 6.34. The van der Waals surface area contributed by atoms with E-state index >= 15 is 0 Å². The minimum absolute atomic E-state index is 0.143. The van der Waals surface area contributed by atoms with Crippen LogP contribution in [0.25, 0.3) is 11.3 Å². The lowest BCUT2D eigenvalue weighted by Crippen LogP contribution is -2.33. The summed E-state index contributed by atoms with van der Waals surface area (Å²) >= 11 is 6.24. The summed E-state index contributed by atoms with van der Waals surface area (Å²) in [4.78, 5) is 33.1. The summed E-state index contributed by atoms with van der Waals surface area (Å²) in [5.41, 5.74) is 2.32. The molecule has 2 aromatic heterocycles. The van der Waals surface area contributed by atoms with Crippen LogP contribution >= 0.6 is 11.6 Å². The van der Waals surface area contributed by atoms with E-state index in [-0.39, 0.29) is 16.6 Å². The molecule has 0 aliphatic rings. The summed E-state index contributed by atoms with van der Waals surface area (Å²) in [6.07, 6.45) is 1.88. The number of halogens is 3. The third-order valence-electron chi connectivity index (χ3n) is 4.20. The lowest BCUT2D eigenvalue weighted by Gasteiger charge is -2.22. The Balaban J connectivity index is 1.78. The topological polar surface area (TPSA) is 75.2 Å². The number of benzene rings is 1. The molecule has 6 nitrogen and oxygen atoms in total. The van der Waals surface area contributed by atoms with Crippen LogP contribution in [0.2, 0.25) is 5.02 Å². The molecule has 0 spiro atoms. The zero-order valence-electron chi connectivity index (χ0n) is 15.8. The smallest absolute Gasteiger partial charge is 0.257 e. The van der Waals surface area contributed by atoms with E-state index in [1.165, 1.54) is 25.3 Å². The largest absolute Gasteiger partial charge is 0.322 e. The quantitative estimate of drug-likeness (QED) is 0.616. The zero-order valence-corrected chi connectivity index (χ0v) is 16.6. The second-order valence-corrected chi connectivity index (χ2v) is 6.72. The van der Waals surface area contributed by atoms with Gasteiger partial charge in [-0.2, -0.15) is 0 Å². The van der Waals surface area contributed by atoms with Crippen molar-refractivity contribution in [3.05, 3.63) is 71.6 Å². The molecule has 0 saturated heterocycles. The molecule has 0 bridgehead atoms. The number of alkyl halides is 2. The molecule has 1 aromatic carbocycles. The second-order valence-electron chi connectivity index (χ2n) is 6.31. The number of aromatic nitrogens is 2. The number of nitrogens with zero attached hydrogens (tertiary/aromatic N) is 3. The summed E-state index contributed by atoms with van der Waals surface area (Å²) in [5, 5.41) is 2.88. The monoisotopic (exact) mass is 430 g/mol. The van der Waals surface area contributed by atoms with E-state index in [0.717, 1.165) is 4.90 Å². The highest BCUT2D eigenvalue weighted by Crippen LogP contribution is 2.31. The van der Waals surface area contributed by atoms with Gasteiger partial charge >= 0.3 is 0 Å². The van der Waals surface area contributed by atoms with Gasteiger partial charge in [0.15, 0.2) is 0 Å². The van der Waals surface area contributed by atoms with Gasteiger partial charge < -0.3 is 10.2 Å². The van der Waals surface area contributed by atoms with E-state index in [0.29, 0.717) is 22.5 Å². The van der Waals surface area contributed by atoms with Gasteiger partial charge in [0.25, 0.3) is 12.3 Å². The maximum absolute atomic E-state index is 12.8. The van der Waals surface area contributed by atoms with Crippen LogP contribution in [0.5, 0.6) is 0 Å². The normalized spacial score (nSPS) is 10.7. The fraction of sp³-hybridized carbons (Fsp3) is 0.143. The van der Waals surface area contributed by atoms with Crippen LogP contribution in [0.15, 0.2) is 61.1 Å². The van der Waals surface area contributed by atoms with E-state index in [2.05, 4.69) is 15.3 Å². The maximum atomic E-state index is 12.8. The van der Waals surface area contributed by atoms with Crippen molar-refractivity contribution in [3.63, 3.8) is 0 Å². The van der Waals surface area contributed by atoms with Crippen LogP contribution in [0.4, 0.5) is 20.2 Å². The Morgan fingerprint density at radius 1 is 1.13 bits per heavy atom. The third kappa shape index (κ3) is 5.15. The first-order chi connectivity index (χ1) is 14.3. The number of pyridine rings is 2. The second kappa shape index (κ2) is 9.41. The zero-order chi connectivity index (χ0) is 21.7. The highest BCUT2D eigenvalue weighted by atomic mass is 35.5. The van der Waals surface area contributed by atoms with E-state index in [9.17, 15) is 18.4 Å². The first kappa shape index (κ1) is 21.3. The number of amides is 2. The van der Waals surface area contributed by atoms with Gasteiger partial charge in [-0.05, 0) is 36.4 Å². The first-order valence-corrected chi connectivity index (χ1v) is 9.26. The van der Waals surface area contributed by atoms with Crippen molar-refractivity contribution < 1.29 is 18.4 Å². The number of anilines is 2. The van der Waals surface area contributed by atoms with Crippen LogP contribution < -0.4 is 10.2 Å². The van der Waals surface area contributed by atoms with Gasteiger partial charge in [0, 0.05) is 36.8 Å². The fourth-order valence-corrected chi connectivity index (χ4v) is 3.04. The Kier molecular flexibility index (Phi) is 6.68. The van der Waals surface area contributed by atoms with Crippen LogP contribution in [0.1, 0.15) is 17.3 Å². The average Bonchev–Trinajstić information content (AvgIpc) is 2.73. The van der Waals surface area contributed by atoms with E-state index in [1.54, 1.807) is 42.7 Å². The van der Waals surface area contributed by atoms with E-state index in [4.69, 9.17) is 11.6 Å². The Hall–Kier alpha value is -3.39. The number of carbonyl (C=O) groups is 2. The van der Waals surface area contributed by atoms with Crippen molar-refractivity contribution in [1.82, 2.24) is 9.97 Å². The number of carbonyl (C=O) groups excluding carboxylic acids is 2. The van der Waals surface area contributed by atoms with E-state index < -0.39 is 18.9 Å². The van der Waals surface area contributed by atoms with Crippen LogP contribution in [-0.4, -0.2) is 34.8 Å². The maximum Gasteiger partial charge on any atom is 0.257 e. The SMILES string of the molecule is CC(=O)N(CC(F)F)c1ccc(-c2ccc(C(=O)Nc3ccncc3)cn2)cc1Cl. The van der Waals surface area contributed by atoms with Crippen molar-refractivity contribution in [1.29, 1.82) is 0 Å². The predicted octanol–water partition coefficient (Wildman–Crippen LogP) is 4.67. The molecule has 2 amide bonds. The van der Waals surface area contributed by atoms with E-state index in [1.807, 2.05) is 0 Å². The minimum Gasteiger partial charge on any atom is -0.322 e. The van der Waals surface area contributed by atoms with Crippen molar-refractivity contribution in [3.8, 4) is 11.3 Å². The molecule has 3 rings (SSSR count). The molecule has 30 heavy (non-hydrogen) atoms. The van der Waals surface area contributed by atoms with Crippen molar-refractivity contribution in [2.24, 2.45) is 0 Å². The van der Waals surface area contributed by atoms with Crippen molar-refractivity contribution >= 4 is 34.8 Å². The Labute approximate surface area is 176 Å². The van der Waals surface area contributed by atoms with Gasteiger partial charge in [0.05, 0.1) is 28.5 Å². The lowest BCUT2D eigenvalue weighted by atomic mass is 10.1. The fourth-order valence-electron chi connectivity index (χ4n) is 2.76. The van der Waals surface area contributed by atoms with Gasteiger partial charge in [-0.25, -0.2) is 8.78 Å². The molecule has 0 saturated carbocycles. The number of hydrogen-bond donors (Lipinski definition) is 1. The average molecular weight is 431 g/mol. The summed E-state index contributed by atoms with van der Waals surface area (Å²) in [6.45, 7) is 0.456. The first-order valence-electron chi connectivity index (χ1n) is 8.88. The number of hydrogen-bond acceptors (Lipinski definition) is 4. The van der Waals surface area contributed by atoms with Gasteiger partial charge in [-0.3, -0.25) is 19.6 Å². The van der Waals surface area contributed by atoms with Gasteiger partial charge in [-0.1, -0.05) is 17.7 Å². The summed E-state index contributed by atoms with van der Waals surface area (Å²) in [7, 11) is 0. The van der Waals surface area contributed by atoms with Crippen LogP contribution in [0.3, 0.4) is 0 Å². The van der Waals surface area contributed by atoms with Crippen molar-refractivity contribution in [2.45, 2.75) is 13.3 Å². The molecular formula is C21H17ClF2N4O2. The third-order valence-corrected chi connectivity index (χ3v) is 4.50. The minimum atomic E-state index is -2.68. The Bertz CT molecular complexity index is 1050. The molecule has 0 aliphatic heterocycles. The highest BCUT2D eigenvalue weighted by Gasteiger charge is 2.20. The Morgan fingerprint density at radius 2 is 1.87 bits per heavy atom. The van der Waals surface area contributed by atoms with Gasteiger partial charge in [0.1, 0.15) is 0 Å². The molecule has 0 aliphatic carbocycles. The molecule has 0 unspecified atom stereocenters. The van der Waals surface area contributed by atoms with Crippen molar-refractivity contribution in [2.75, 3.05) is 16.8 Å². The Morgan fingerprint density at radius 3 is 2.43 bits per heavy atom. The van der Waals surface area contributed by atoms with Gasteiger partial charge in [0.2, 0.25) is 5.91 Å². The standard InChI is InChI=1S/C21H17ClF2N4O2/c1-13(29)28(12-20(23)24)19-5-3-14(10-17(19)22)18-4-2-15(11-26-18)21(30)27-16-6-8-25-9-7-16/h2-11,20H,12H2,1H3,(H,25,27,30). The summed E-state index contributed by atoms with van der Waals surface area (Å²) < 4.78 is 25.5. The molecule has 154 valence electrons.